The monoisotopic (exact) mass is 283 g/mol. The van der Waals surface area contributed by atoms with Gasteiger partial charge in [0.1, 0.15) is 0 Å². The van der Waals surface area contributed by atoms with E-state index < -0.39 is 4.92 Å². The smallest absolute Gasteiger partial charge is 0.269 e. The lowest BCUT2D eigenvalue weighted by Crippen LogP contribution is -2.13. The lowest BCUT2D eigenvalue weighted by Gasteiger charge is -2.08. The molecule has 1 aromatic heterocycles. The summed E-state index contributed by atoms with van der Waals surface area (Å²) in [5.41, 5.74) is 5.37. The number of benzene rings is 2. The number of imidazole rings is 1. The number of nitrogens with zero attached hydrogens (tertiary/aromatic N) is 3. The van der Waals surface area contributed by atoms with Crippen LogP contribution in [0.1, 0.15) is 5.56 Å². The van der Waals surface area contributed by atoms with Gasteiger partial charge in [-0.25, -0.2) is 10.8 Å². The SMILES string of the molecule is NNc1nc2ccccc2n1Cc1ccc([N+](=O)[O-])cc1. The van der Waals surface area contributed by atoms with Crippen molar-refractivity contribution in [2.24, 2.45) is 5.84 Å². The van der Waals surface area contributed by atoms with E-state index in [1.165, 1.54) is 12.1 Å². The molecule has 106 valence electrons. The van der Waals surface area contributed by atoms with Crippen LogP contribution in [-0.4, -0.2) is 14.5 Å². The van der Waals surface area contributed by atoms with Crippen molar-refractivity contribution in [1.29, 1.82) is 0 Å². The van der Waals surface area contributed by atoms with Gasteiger partial charge in [-0.3, -0.25) is 15.5 Å². The maximum absolute atomic E-state index is 10.7. The molecule has 0 bridgehead atoms. The fourth-order valence-corrected chi connectivity index (χ4v) is 2.25. The van der Waals surface area contributed by atoms with Crippen molar-refractivity contribution in [2.45, 2.75) is 6.54 Å². The average Bonchev–Trinajstić information content (AvgIpc) is 2.86. The molecule has 0 aliphatic rings. The molecule has 3 aromatic rings. The van der Waals surface area contributed by atoms with Gasteiger partial charge < -0.3 is 4.57 Å². The summed E-state index contributed by atoms with van der Waals surface area (Å²) >= 11 is 0. The molecule has 7 nitrogen and oxygen atoms in total. The predicted octanol–water partition coefficient (Wildman–Crippen LogP) is 2.28. The maximum atomic E-state index is 10.7. The van der Waals surface area contributed by atoms with Gasteiger partial charge in [0.2, 0.25) is 5.95 Å². The quantitative estimate of drug-likeness (QED) is 0.435. The van der Waals surface area contributed by atoms with E-state index >= 15 is 0 Å². The molecule has 1 heterocycles. The Kier molecular flexibility index (Phi) is 3.25. The molecule has 0 aliphatic carbocycles. The van der Waals surface area contributed by atoms with E-state index in [4.69, 9.17) is 5.84 Å². The minimum atomic E-state index is -0.413. The van der Waals surface area contributed by atoms with Crippen molar-refractivity contribution < 1.29 is 4.92 Å². The van der Waals surface area contributed by atoms with Gasteiger partial charge in [-0.2, -0.15) is 0 Å². The topological polar surface area (TPSA) is 99.0 Å². The predicted molar refractivity (Wildman–Crippen MR) is 79.7 cm³/mol. The van der Waals surface area contributed by atoms with Crippen LogP contribution in [0.25, 0.3) is 11.0 Å². The van der Waals surface area contributed by atoms with E-state index in [9.17, 15) is 10.1 Å². The molecule has 7 heteroatoms. The number of nitrogen functional groups attached to an aromatic ring is 1. The number of hydrogen-bond acceptors (Lipinski definition) is 5. The van der Waals surface area contributed by atoms with E-state index in [1.54, 1.807) is 12.1 Å². The Hall–Kier alpha value is -2.93. The standard InChI is InChI=1S/C14H13N5O2/c15-17-14-16-12-3-1-2-4-13(12)18(14)9-10-5-7-11(8-6-10)19(20)21/h1-8H,9,15H2,(H,16,17). The van der Waals surface area contributed by atoms with Crippen molar-refractivity contribution >= 4 is 22.7 Å². The zero-order valence-corrected chi connectivity index (χ0v) is 11.1. The van der Waals surface area contributed by atoms with Gasteiger partial charge in [-0.05, 0) is 17.7 Å². The van der Waals surface area contributed by atoms with E-state index in [-0.39, 0.29) is 5.69 Å². The molecule has 3 rings (SSSR count). The molecule has 0 radical (unpaired) electrons. The van der Waals surface area contributed by atoms with Gasteiger partial charge in [-0.1, -0.05) is 24.3 Å². The Morgan fingerprint density at radius 3 is 2.57 bits per heavy atom. The molecule has 0 atom stereocenters. The molecule has 0 spiro atoms. The summed E-state index contributed by atoms with van der Waals surface area (Å²) in [5, 5.41) is 10.7. The number of nitrogens with two attached hydrogens (primary N) is 1. The van der Waals surface area contributed by atoms with Crippen LogP contribution >= 0.6 is 0 Å². The molecule has 3 N–H and O–H groups in total. The van der Waals surface area contributed by atoms with Crippen LogP contribution in [-0.2, 0) is 6.54 Å². The normalized spacial score (nSPS) is 10.7. The average molecular weight is 283 g/mol. The van der Waals surface area contributed by atoms with Crippen molar-refractivity contribution in [2.75, 3.05) is 5.43 Å². The van der Waals surface area contributed by atoms with Gasteiger partial charge in [-0.15, -0.1) is 0 Å². The molecule has 0 aliphatic heterocycles. The Morgan fingerprint density at radius 2 is 1.90 bits per heavy atom. The van der Waals surface area contributed by atoms with E-state index in [0.29, 0.717) is 12.5 Å². The maximum Gasteiger partial charge on any atom is 0.269 e. The molecule has 2 aromatic carbocycles. The highest BCUT2D eigenvalue weighted by Gasteiger charge is 2.10. The Labute approximate surface area is 120 Å². The number of aromatic nitrogens is 2. The fourth-order valence-electron chi connectivity index (χ4n) is 2.25. The summed E-state index contributed by atoms with van der Waals surface area (Å²) in [4.78, 5) is 14.6. The fraction of sp³-hybridized carbons (Fsp3) is 0.0714. The van der Waals surface area contributed by atoms with Crippen LogP contribution in [0.15, 0.2) is 48.5 Å². The first-order valence-corrected chi connectivity index (χ1v) is 6.34. The highest BCUT2D eigenvalue weighted by atomic mass is 16.6. The van der Waals surface area contributed by atoms with Crippen LogP contribution in [0.5, 0.6) is 0 Å². The van der Waals surface area contributed by atoms with Crippen molar-refractivity contribution in [1.82, 2.24) is 9.55 Å². The van der Waals surface area contributed by atoms with Gasteiger partial charge in [0.05, 0.1) is 22.5 Å². The van der Waals surface area contributed by atoms with Crippen LogP contribution in [0.4, 0.5) is 11.6 Å². The van der Waals surface area contributed by atoms with Gasteiger partial charge in [0.15, 0.2) is 0 Å². The van der Waals surface area contributed by atoms with E-state index in [0.717, 1.165) is 16.6 Å². The Morgan fingerprint density at radius 1 is 1.19 bits per heavy atom. The molecule has 0 amide bonds. The minimum Gasteiger partial charge on any atom is -0.305 e. The third-order valence-corrected chi connectivity index (χ3v) is 3.27. The summed E-state index contributed by atoms with van der Waals surface area (Å²) in [5.74, 6) is 6.06. The Balaban J connectivity index is 1.99. The number of nitro groups is 1. The Bertz CT molecular complexity index is 795. The second kappa shape index (κ2) is 5.22. The van der Waals surface area contributed by atoms with Crippen LogP contribution in [0.2, 0.25) is 0 Å². The van der Waals surface area contributed by atoms with Crippen LogP contribution in [0.3, 0.4) is 0 Å². The van der Waals surface area contributed by atoms with Crippen molar-refractivity contribution in [3.05, 3.63) is 64.2 Å². The molecule has 0 unspecified atom stereocenters. The largest absolute Gasteiger partial charge is 0.305 e. The summed E-state index contributed by atoms with van der Waals surface area (Å²) in [6, 6.07) is 14.1. The zero-order chi connectivity index (χ0) is 14.8. The molecule has 0 saturated carbocycles. The summed E-state index contributed by atoms with van der Waals surface area (Å²) in [6.07, 6.45) is 0. The number of non-ortho nitro benzene ring substituents is 1. The third-order valence-electron chi connectivity index (χ3n) is 3.27. The minimum absolute atomic E-state index is 0.0754. The number of nitrogens with one attached hydrogen (secondary N) is 1. The zero-order valence-electron chi connectivity index (χ0n) is 11.1. The number of para-hydroxylation sites is 2. The van der Waals surface area contributed by atoms with Crippen molar-refractivity contribution in [3.63, 3.8) is 0 Å². The number of hydrazine groups is 1. The number of rotatable bonds is 4. The number of nitro benzene ring substituents is 1. The molecule has 21 heavy (non-hydrogen) atoms. The molecule has 0 saturated heterocycles. The molecule has 0 fully saturated rings. The van der Waals surface area contributed by atoms with Crippen LogP contribution in [0, 0.1) is 10.1 Å². The number of fused-ring (bicyclic) bond motifs is 1. The number of anilines is 1. The van der Waals surface area contributed by atoms with E-state index in [2.05, 4.69) is 10.4 Å². The highest BCUT2D eigenvalue weighted by Crippen LogP contribution is 2.21. The second-order valence-corrected chi connectivity index (χ2v) is 4.58. The van der Waals surface area contributed by atoms with Crippen LogP contribution < -0.4 is 11.3 Å². The number of hydrogen-bond donors (Lipinski definition) is 2. The van der Waals surface area contributed by atoms with Crippen molar-refractivity contribution in [3.8, 4) is 0 Å². The first kappa shape index (κ1) is 13.1. The summed E-state index contributed by atoms with van der Waals surface area (Å²) < 4.78 is 1.93. The first-order valence-electron chi connectivity index (χ1n) is 6.34. The molecular weight excluding hydrogens is 270 g/mol. The van der Waals surface area contributed by atoms with Gasteiger partial charge in [0.25, 0.3) is 5.69 Å². The lowest BCUT2D eigenvalue weighted by atomic mass is 10.2. The highest BCUT2D eigenvalue weighted by molar-refractivity contribution is 5.78. The third kappa shape index (κ3) is 2.41. The summed E-state index contributed by atoms with van der Waals surface area (Å²) in [7, 11) is 0. The first-order chi connectivity index (χ1) is 10.2. The molecular formula is C14H13N5O2. The second-order valence-electron chi connectivity index (χ2n) is 4.58. The van der Waals surface area contributed by atoms with Gasteiger partial charge >= 0.3 is 0 Å². The van der Waals surface area contributed by atoms with E-state index in [1.807, 2.05) is 28.8 Å². The van der Waals surface area contributed by atoms with Gasteiger partial charge in [0, 0.05) is 12.1 Å². The summed E-state index contributed by atoms with van der Waals surface area (Å²) in [6.45, 7) is 0.526. The lowest BCUT2D eigenvalue weighted by molar-refractivity contribution is -0.384.